The smallest absolute Gasteiger partial charge is 0.193 e. The fourth-order valence-electron chi connectivity index (χ4n) is 3.87. The van der Waals surface area contributed by atoms with E-state index in [1.54, 1.807) is 31.4 Å². The molecule has 1 aliphatic rings. The molecule has 0 amide bonds. The van der Waals surface area contributed by atoms with E-state index in [4.69, 9.17) is 33.3 Å². The van der Waals surface area contributed by atoms with Gasteiger partial charge in [0.15, 0.2) is 22.4 Å². The van der Waals surface area contributed by atoms with Crippen molar-refractivity contribution in [2.75, 3.05) is 13.7 Å². The summed E-state index contributed by atoms with van der Waals surface area (Å²) in [6.45, 7) is 2.30. The Hall–Kier alpha value is -3.35. The van der Waals surface area contributed by atoms with E-state index in [-0.39, 0.29) is 5.78 Å². The van der Waals surface area contributed by atoms with E-state index in [2.05, 4.69) is 10.6 Å². The maximum Gasteiger partial charge on any atom is 0.193 e. The first-order valence-corrected chi connectivity index (χ1v) is 11.3. The molecule has 0 aromatic heterocycles. The van der Waals surface area contributed by atoms with Crippen molar-refractivity contribution in [1.29, 1.82) is 0 Å². The highest BCUT2D eigenvalue weighted by Crippen LogP contribution is 2.43. The van der Waals surface area contributed by atoms with Gasteiger partial charge in [0.25, 0.3) is 0 Å². The first kappa shape index (κ1) is 22.8. The molecule has 1 unspecified atom stereocenters. The fraction of sp³-hybridized carbons (Fsp3) is 0.154. The van der Waals surface area contributed by atoms with Crippen molar-refractivity contribution in [3.05, 3.63) is 100 Å². The number of nitrogens with one attached hydrogen (secondary N) is 2. The van der Waals surface area contributed by atoms with Crippen LogP contribution in [0.5, 0.6) is 11.5 Å². The minimum absolute atomic E-state index is 0.136. The van der Waals surface area contributed by atoms with Crippen LogP contribution in [0.25, 0.3) is 5.70 Å². The predicted octanol–water partition coefficient (Wildman–Crippen LogP) is 5.56. The van der Waals surface area contributed by atoms with Gasteiger partial charge in [-0.1, -0.05) is 72.3 Å². The second-order valence-electron chi connectivity index (χ2n) is 7.34. The molecule has 0 aliphatic carbocycles. The number of methoxy groups -OCH3 is 1. The van der Waals surface area contributed by atoms with Crippen LogP contribution in [-0.4, -0.2) is 24.6 Å². The van der Waals surface area contributed by atoms with Crippen LogP contribution in [0.3, 0.4) is 0 Å². The van der Waals surface area contributed by atoms with Gasteiger partial charge in [-0.3, -0.25) is 4.79 Å². The number of ketones is 1. The van der Waals surface area contributed by atoms with Gasteiger partial charge in [0.2, 0.25) is 0 Å². The number of carbonyl (C=O) groups is 1. The summed E-state index contributed by atoms with van der Waals surface area (Å²) in [7, 11) is 1.56. The maximum absolute atomic E-state index is 13.9. The summed E-state index contributed by atoms with van der Waals surface area (Å²) in [5, 5.41) is 7.32. The quantitative estimate of drug-likeness (QED) is 0.342. The van der Waals surface area contributed by atoms with Crippen molar-refractivity contribution < 1.29 is 14.3 Å². The molecule has 3 aromatic rings. The first-order valence-electron chi connectivity index (χ1n) is 10.5. The summed E-state index contributed by atoms with van der Waals surface area (Å²) in [6.07, 6.45) is 0. The number of thiocarbonyl (C=S) groups is 1. The summed E-state index contributed by atoms with van der Waals surface area (Å²) in [6, 6.07) is 21.6. The zero-order chi connectivity index (χ0) is 23.4. The lowest BCUT2D eigenvalue weighted by molar-refractivity contribution is 0.102. The lowest BCUT2D eigenvalue weighted by atomic mass is 9.87. The minimum Gasteiger partial charge on any atom is -0.493 e. The van der Waals surface area contributed by atoms with E-state index in [0.29, 0.717) is 50.6 Å². The summed E-state index contributed by atoms with van der Waals surface area (Å²) >= 11 is 12.0. The van der Waals surface area contributed by atoms with Crippen LogP contribution >= 0.6 is 23.8 Å². The van der Waals surface area contributed by atoms with E-state index in [1.807, 2.05) is 55.5 Å². The first-order chi connectivity index (χ1) is 16.0. The van der Waals surface area contributed by atoms with Gasteiger partial charge >= 0.3 is 0 Å². The van der Waals surface area contributed by atoms with Crippen LogP contribution in [0.2, 0.25) is 5.02 Å². The van der Waals surface area contributed by atoms with Crippen LogP contribution < -0.4 is 20.1 Å². The van der Waals surface area contributed by atoms with E-state index in [9.17, 15) is 4.79 Å². The molecule has 0 spiro atoms. The predicted molar refractivity (Wildman–Crippen MR) is 135 cm³/mol. The Balaban J connectivity index is 2.00. The van der Waals surface area contributed by atoms with Gasteiger partial charge in [-0.05, 0) is 30.8 Å². The molecule has 1 atom stereocenters. The number of carbonyl (C=O) groups excluding carboxylic acids is 1. The zero-order valence-electron chi connectivity index (χ0n) is 18.2. The number of halogens is 1. The molecule has 0 bridgehead atoms. The highest BCUT2D eigenvalue weighted by molar-refractivity contribution is 7.80. The Labute approximate surface area is 203 Å². The summed E-state index contributed by atoms with van der Waals surface area (Å²) in [4.78, 5) is 13.9. The maximum atomic E-state index is 13.9. The number of rotatable bonds is 7. The van der Waals surface area contributed by atoms with Gasteiger partial charge in [0, 0.05) is 22.2 Å². The number of hydrogen-bond acceptors (Lipinski definition) is 4. The lowest BCUT2D eigenvalue weighted by Gasteiger charge is -2.33. The van der Waals surface area contributed by atoms with Gasteiger partial charge in [0.1, 0.15) is 0 Å². The summed E-state index contributed by atoms with van der Waals surface area (Å²) in [5.41, 5.74) is 3.22. The average Bonchev–Trinajstić information content (AvgIpc) is 2.85. The third kappa shape index (κ3) is 4.72. The van der Waals surface area contributed by atoms with Gasteiger partial charge in [-0.2, -0.15) is 0 Å². The lowest BCUT2D eigenvalue weighted by Crippen LogP contribution is -2.45. The second-order valence-corrected chi connectivity index (χ2v) is 8.19. The average molecular weight is 479 g/mol. The van der Waals surface area contributed by atoms with Crippen molar-refractivity contribution in [3.63, 3.8) is 0 Å². The van der Waals surface area contributed by atoms with Crippen molar-refractivity contribution in [2.24, 2.45) is 0 Å². The van der Waals surface area contributed by atoms with E-state index >= 15 is 0 Å². The molecule has 4 rings (SSSR count). The third-order valence-corrected chi connectivity index (χ3v) is 5.72. The van der Waals surface area contributed by atoms with Crippen LogP contribution in [0.1, 0.15) is 34.5 Å². The Morgan fingerprint density at radius 1 is 1.06 bits per heavy atom. The van der Waals surface area contributed by atoms with Crippen molar-refractivity contribution in [3.8, 4) is 11.5 Å². The Morgan fingerprint density at radius 3 is 2.36 bits per heavy atom. The molecule has 0 radical (unpaired) electrons. The Morgan fingerprint density at radius 2 is 1.73 bits per heavy atom. The number of benzene rings is 3. The molecule has 1 aliphatic heterocycles. The number of Topliss-reactive ketones (excluding diaryl/α,β-unsaturated/α-hetero) is 1. The molecule has 168 valence electrons. The fourth-order valence-corrected chi connectivity index (χ4v) is 4.31. The molecule has 33 heavy (non-hydrogen) atoms. The van der Waals surface area contributed by atoms with Crippen LogP contribution in [0.4, 0.5) is 0 Å². The van der Waals surface area contributed by atoms with Crippen LogP contribution in [0, 0.1) is 0 Å². The molecule has 3 aromatic carbocycles. The molecule has 2 N–H and O–H groups in total. The van der Waals surface area contributed by atoms with Gasteiger partial charge in [-0.15, -0.1) is 0 Å². The molecule has 0 fully saturated rings. The topological polar surface area (TPSA) is 59.6 Å². The molecule has 0 saturated heterocycles. The largest absolute Gasteiger partial charge is 0.493 e. The van der Waals surface area contributed by atoms with Gasteiger partial charge in [-0.25, -0.2) is 0 Å². The minimum atomic E-state index is -0.615. The van der Waals surface area contributed by atoms with E-state index in [1.165, 1.54) is 0 Å². The van der Waals surface area contributed by atoms with E-state index < -0.39 is 6.04 Å². The summed E-state index contributed by atoms with van der Waals surface area (Å²) < 4.78 is 11.5. The van der Waals surface area contributed by atoms with Crippen molar-refractivity contribution in [2.45, 2.75) is 13.0 Å². The van der Waals surface area contributed by atoms with Crippen LogP contribution in [0.15, 0.2) is 78.4 Å². The zero-order valence-corrected chi connectivity index (χ0v) is 19.8. The SMILES string of the molecule is CCOc1c(OC)cc(Cl)cc1C1NC(=S)NC(c2ccccc2)=C1C(=O)c1ccccc1. The molecule has 0 saturated carbocycles. The van der Waals surface area contributed by atoms with Gasteiger partial charge in [0.05, 0.1) is 31.0 Å². The molecule has 7 heteroatoms. The standard InChI is InChI=1S/C26H23ClN2O3S/c1-3-32-25-19(14-18(27)15-20(25)31-2)23-21(24(30)17-12-8-5-9-13-17)22(28-26(33)29-23)16-10-6-4-7-11-16/h4-15,23H,3H2,1-2H3,(H2,28,29,33). The molecule has 5 nitrogen and oxygen atoms in total. The molecular weight excluding hydrogens is 456 g/mol. The Kier molecular flexibility index (Phi) is 6.96. The highest BCUT2D eigenvalue weighted by Gasteiger charge is 2.35. The van der Waals surface area contributed by atoms with Crippen LogP contribution in [-0.2, 0) is 0 Å². The normalized spacial score (nSPS) is 15.5. The monoisotopic (exact) mass is 478 g/mol. The van der Waals surface area contributed by atoms with E-state index in [0.717, 1.165) is 5.56 Å². The molecular formula is C26H23ClN2O3S. The number of ether oxygens (including phenoxy) is 2. The van der Waals surface area contributed by atoms with Crippen molar-refractivity contribution in [1.82, 2.24) is 10.6 Å². The second kappa shape index (κ2) is 10.1. The molecule has 1 heterocycles. The van der Waals surface area contributed by atoms with Crippen molar-refractivity contribution >= 4 is 40.4 Å². The van der Waals surface area contributed by atoms with Gasteiger partial charge < -0.3 is 20.1 Å². The number of hydrogen-bond donors (Lipinski definition) is 2. The highest BCUT2D eigenvalue weighted by atomic mass is 35.5. The Bertz CT molecular complexity index is 1210. The third-order valence-electron chi connectivity index (χ3n) is 5.28. The summed E-state index contributed by atoms with van der Waals surface area (Å²) in [5.74, 6) is 0.860.